The Morgan fingerprint density at radius 2 is 1.30 bits per heavy atom. The topological polar surface area (TPSA) is 113 Å². The maximum absolute atomic E-state index is 11.3. The second-order valence-electron chi connectivity index (χ2n) is 6.27. The van der Waals surface area contributed by atoms with Crippen molar-refractivity contribution >= 4 is 23.5 Å². The summed E-state index contributed by atoms with van der Waals surface area (Å²) in [5.41, 5.74) is 0.917. The largest absolute Gasteiger partial charge is 0.506 e. The van der Waals surface area contributed by atoms with Crippen LogP contribution in [-0.2, 0) is 13.2 Å². The zero-order valence-electron chi connectivity index (χ0n) is 15.5. The molecule has 3 rings (SSSR count). The molecule has 7 nitrogen and oxygen atoms in total. The number of aromatic carboxylic acids is 2. The Balaban J connectivity index is 1.78. The number of phenolic OH excluding ortho intramolecular Hbond substituents is 1. The van der Waals surface area contributed by atoms with E-state index in [-0.39, 0.29) is 46.6 Å². The molecule has 3 N–H and O–H groups in total. The van der Waals surface area contributed by atoms with Crippen molar-refractivity contribution in [3.8, 4) is 17.2 Å². The number of ether oxygens (including phenoxy) is 2. The Labute approximate surface area is 176 Å². The van der Waals surface area contributed by atoms with Crippen molar-refractivity contribution in [2.24, 2.45) is 0 Å². The van der Waals surface area contributed by atoms with Crippen LogP contribution in [0.4, 0.5) is 0 Å². The van der Waals surface area contributed by atoms with Gasteiger partial charge in [0.25, 0.3) is 0 Å². The van der Waals surface area contributed by atoms with Gasteiger partial charge in [-0.25, -0.2) is 9.59 Å². The molecule has 0 fully saturated rings. The first-order chi connectivity index (χ1) is 14.4. The Morgan fingerprint density at radius 3 is 1.83 bits per heavy atom. The third kappa shape index (κ3) is 4.82. The van der Waals surface area contributed by atoms with E-state index < -0.39 is 11.9 Å². The second-order valence-corrected chi connectivity index (χ2v) is 6.67. The number of aromatic hydroxyl groups is 1. The van der Waals surface area contributed by atoms with E-state index in [2.05, 4.69) is 0 Å². The van der Waals surface area contributed by atoms with Crippen molar-refractivity contribution < 1.29 is 34.4 Å². The maximum atomic E-state index is 11.3. The van der Waals surface area contributed by atoms with Crippen molar-refractivity contribution in [2.45, 2.75) is 13.2 Å². The molecule has 0 bridgehead atoms. The predicted octanol–water partition coefficient (Wildman–Crippen LogP) is 4.60. The van der Waals surface area contributed by atoms with Gasteiger partial charge in [-0.15, -0.1) is 0 Å². The summed E-state index contributed by atoms with van der Waals surface area (Å²) in [5.74, 6) is -2.09. The lowest BCUT2D eigenvalue weighted by atomic mass is 10.1. The summed E-state index contributed by atoms with van der Waals surface area (Å²) in [6.07, 6.45) is 0. The van der Waals surface area contributed by atoms with Gasteiger partial charge in [0.15, 0.2) is 0 Å². The number of para-hydroxylation sites is 2. The van der Waals surface area contributed by atoms with Crippen molar-refractivity contribution in [1.82, 2.24) is 0 Å². The monoisotopic (exact) mass is 428 g/mol. The number of hydrogen-bond donors (Lipinski definition) is 3. The molecule has 0 spiro atoms. The molecular weight excluding hydrogens is 412 g/mol. The van der Waals surface area contributed by atoms with Crippen LogP contribution in [0.15, 0.2) is 60.7 Å². The van der Waals surface area contributed by atoms with Gasteiger partial charge in [0.05, 0.1) is 5.02 Å². The molecule has 0 aromatic heterocycles. The van der Waals surface area contributed by atoms with Gasteiger partial charge in [-0.1, -0.05) is 35.9 Å². The summed E-state index contributed by atoms with van der Waals surface area (Å²) in [6.45, 7) is -0.127. The van der Waals surface area contributed by atoms with Gasteiger partial charge >= 0.3 is 11.9 Å². The molecule has 30 heavy (non-hydrogen) atoms. The molecule has 0 amide bonds. The van der Waals surface area contributed by atoms with Gasteiger partial charge in [0, 0.05) is 5.56 Å². The number of halogens is 1. The molecule has 0 radical (unpaired) electrons. The Morgan fingerprint density at radius 1 is 0.800 bits per heavy atom. The number of benzene rings is 3. The van der Waals surface area contributed by atoms with Crippen LogP contribution in [0.25, 0.3) is 0 Å². The lowest BCUT2D eigenvalue weighted by Gasteiger charge is -2.14. The van der Waals surface area contributed by atoms with Gasteiger partial charge in [0.1, 0.15) is 41.6 Å². The van der Waals surface area contributed by atoms with Crippen LogP contribution >= 0.6 is 11.6 Å². The molecule has 0 aliphatic rings. The summed E-state index contributed by atoms with van der Waals surface area (Å²) in [5, 5.41) is 28.8. The van der Waals surface area contributed by atoms with Gasteiger partial charge < -0.3 is 24.8 Å². The van der Waals surface area contributed by atoms with Crippen LogP contribution in [-0.4, -0.2) is 27.3 Å². The molecule has 0 aliphatic carbocycles. The Hall–Kier alpha value is -3.71. The number of carboxylic acid groups (broad SMARTS) is 2. The van der Waals surface area contributed by atoms with Crippen LogP contribution in [0, 0.1) is 0 Å². The van der Waals surface area contributed by atoms with Crippen LogP contribution in [0.5, 0.6) is 17.2 Å². The molecule has 154 valence electrons. The van der Waals surface area contributed by atoms with Crippen LogP contribution < -0.4 is 9.47 Å². The highest BCUT2D eigenvalue weighted by atomic mass is 35.5. The van der Waals surface area contributed by atoms with Gasteiger partial charge in [0.2, 0.25) is 0 Å². The van der Waals surface area contributed by atoms with Gasteiger partial charge in [-0.05, 0) is 42.0 Å². The standard InChI is InChI=1S/C22H17ClO7/c23-17-10-13(11-29-18-7-3-1-5-15(18)21(25)26)9-14(20(17)24)12-30-19-8-4-2-6-16(19)22(27)28/h1-10,24H,11-12H2,(H,25,26)(H,27,28). The fourth-order valence-electron chi connectivity index (χ4n) is 2.77. The quantitative estimate of drug-likeness (QED) is 0.480. The molecular formula is C22H17ClO7. The van der Waals surface area contributed by atoms with E-state index in [0.717, 1.165) is 0 Å². The van der Waals surface area contributed by atoms with Crippen molar-refractivity contribution in [1.29, 1.82) is 0 Å². The molecule has 0 unspecified atom stereocenters. The smallest absolute Gasteiger partial charge is 0.339 e. The molecule has 3 aromatic rings. The zero-order chi connectivity index (χ0) is 21.7. The highest BCUT2D eigenvalue weighted by Crippen LogP contribution is 2.31. The molecule has 0 heterocycles. The Bertz CT molecular complexity index is 1090. The SMILES string of the molecule is O=C(O)c1ccccc1OCc1cc(Cl)c(O)c(COc2ccccc2C(=O)O)c1. The maximum Gasteiger partial charge on any atom is 0.339 e. The second kappa shape index (κ2) is 9.19. The molecule has 0 saturated carbocycles. The average molecular weight is 429 g/mol. The van der Waals surface area contributed by atoms with Crippen LogP contribution in [0.2, 0.25) is 5.02 Å². The van der Waals surface area contributed by atoms with E-state index in [9.17, 15) is 24.9 Å². The summed E-state index contributed by atoms with van der Waals surface area (Å²) in [7, 11) is 0. The van der Waals surface area contributed by atoms with E-state index in [4.69, 9.17) is 21.1 Å². The summed E-state index contributed by atoms with van der Waals surface area (Å²) < 4.78 is 11.2. The minimum Gasteiger partial charge on any atom is -0.506 e. The van der Waals surface area contributed by atoms with Crippen molar-refractivity contribution in [2.75, 3.05) is 0 Å². The first-order valence-electron chi connectivity index (χ1n) is 8.77. The number of carbonyl (C=O) groups is 2. The first-order valence-corrected chi connectivity index (χ1v) is 9.15. The first kappa shape index (κ1) is 21.0. The minimum atomic E-state index is -1.13. The molecule has 8 heteroatoms. The minimum absolute atomic E-state index is 0.00298. The zero-order valence-corrected chi connectivity index (χ0v) is 16.3. The summed E-state index contributed by atoms with van der Waals surface area (Å²) in [4.78, 5) is 22.6. The number of phenols is 1. The highest BCUT2D eigenvalue weighted by molar-refractivity contribution is 6.32. The van der Waals surface area contributed by atoms with Crippen LogP contribution in [0.1, 0.15) is 31.8 Å². The molecule has 0 atom stereocenters. The van der Waals surface area contributed by atoms with Crippen molar-refractivity contribution in [3.63, 3.8) is 0 Å². The summed E-state index contributed by atoms with van der Waals surface area (Å²) >= 11 is 6.10. The van der Waals surface area contributed by atoms with E-state index in [1.165, 1.54) is 24.3 Å². The molecule has 0 saturated heterocycles. The Kier molecular flexibility index (Phi) is 6.44. The third-order valence-corrected chi connectivity index (χ3v) is 4.50. The lowest BCUT2D eigenvalue weighted by Crippen LogP contribution is -2.05. The van der Waals surface area contributed by atoms with E-state index in [0.29, 0.717) is 11.1 Å². The third-order valence-electron chi connectivity index (χ3n) is 4.21. The fourth-order valence-corrected chi connectivity index (χ4v) is 3.03. The fraction of sp³-hybridized carbons (Fsp3) is 0.0909. The molecule has 3 aromatic carbocycles. The predicted molar refractivity (Wildman–Crippen MR) is 109 cm³/mol. The van der Waals surface area contributed by atoms with Crippen LogP contribution in [0.3, 0.4) is 0 Å². The average Bonchev–Trinajstić information content (AvgIpc) is 2.73. The number of carboxylic acids is 2. The van der Waals surface area contributed by atoms with Crippen molar-refractivity contribution in [3.05, 3.63) is 87.9 Å². The number of hydrogen-bond acceptors (Lipinski definition) is 5. The van der Waals surface area contributed by atoms with Gasteiger partial charge in [-0.3, -0.25) is 0 Å². The number of rotatable bonds is 8. The van der Waals surface area contributed by atoms with E-state index in [1.54, 1.807) is 36.4 Å². The van der Waals surface area contributed by atoms with E-state index >= 15 is 0 Å². The highest BCUT2D eigenvalue weighted by Gasteiger charge is 2.15. The van der Waals surface area contributed by atoms with Gasteiger partial charge in [-0.2, -0.15) is 0 Å². The van der Waals surface area contributed by atoms with E-state index in [1.807, 2.05) is 0 Å². The summed E-state index contributed by atoms with van der Waals surface area (Å²) in [6, 6.07) is 15.5. The lowest BCUT2D eigenvalue weighted by molar-refractivity contribution is 0.0680. The molecule has 0 aliphatic heterocycles. The normalized spacial score (nSPS) is 10.4.